The number of hydrogen-bond donors (Lipinski definition) is 0. The molecular formula is C12H11ClFNO2. The average Bonchev–Trinajstić information content (AvgIpc) is 2.31. The predicted octanol–water partition coefficient (Wildman–Crippen LogP) is 2.54. The van der Waals surface area contributed by atoms with Crippen molar-refractivity contribution < 1.29 is 13.9 Å². The van der Waals surface area contributed by atoms with Crippen LogP contribution >= 0.6 is 11.6 Å². The second-order valence-corrected chi connectivity index (χ2v) is 3.55. The summed E-state index contributed by atoms with van der Waals surface area (Å²) >= 11 is 5.68. The molecule has 1 rings (SSSR count). The van der Waals surface area contributed by atoms with Crippen LogP contribution in [0.5, 0.6) is 0 Å². The molecule has 0 aromatic heterocycles. The first-order chi connectivity index (χ1) is 8.13. The Morgan fingerprint density at radius 2 is 2.29 bits per heavy atom. The number of nitrogens with zero attached hydrogens (tertiary/aromatic N) is 1. The topological polar surface area (TPSA) is 50.1 Å². The zero-order valence-electron chi connectivity index (χ0n) is 9.30. The van der Waals surface area contributed by atoms with Gasteiger partial charge in [0, 0.05) is 5.88 Å². The zero-order chi connectivity index (χ0) is 12.8. The smallest absolute Gasteiger partial charge is 0.310 e. The Bertz CT molecular complexity index is 468. The van der Waals surface area contributed by atoms with Crippen LogP contribution < -0.4 is 0 Å². The highest BCUT2D eigenvalue weighted by molar-refractivity contribution is 6.17. The molecular weight excluding hydrogens is 245 g/mol. The van der Waals surface area contributed by atoms with Crippen LogP contribution in [0.25, 0.3) is 0 Å². The van der Waals surface area contributed by atoms with E-state index in [1.54, 1.807) is 13.0 Å². The second-order valence-electron chi connectivity index (χ2n) is 3.29. The van der Waals surface area contributed by atoms with Gasteiger partial charge in [-0.25, -0.2) is 4.39 Å². The van der Waals surface area contributed by atoms with Crippen LogP contribution in [0.4, 0.5) is 4.39 Å². The summed E-state index contributed by atoms with van der Waals surface area (Å²) in [5.41, 5.74) is 0.764. The van der Waals surface area contributed by atoms with E-state index in [2.05, 4.69) is 0 Å². The molecule has 0 amide bonds. The van der Waals surface area contributed by atoms with Crippen molar-refractivity contribution in [1.29, 1.82) is 5.26 Å². The number of halogens is 2. The van der Waals surface area contributed by atoms with Gasteiger partial charge in [0.15, 0.2) is 0 Å². The van der Waals surface area contributed by atoms with Crippen molar-refractivity contribution in [3.63, 3.8) is 0 Å². The van der Waals surface area contributed by atoms with Gasteiger partial charge in [0.05, 0.1) is 18.6 Å². The predicted molar refractivity (Wildman–Crippen MR) is 61.0 cm³/mol. The molecule has 0 saturated heterocycles. The Labute approximate surface area is 104 Å². The highest BCUT2D eigenvalue weighted by Crippen LogP contribution is 2.20. The number of alkyl halides is 1. The number of nitriles is 1. The standard InChI is InChI=1S/C12H11ClFNO2/c1-2-17-12(16)5-8-3-4-11(14)10(7-15)9(8)6-13/h3-4H,2,5-6H2,1H3. The van der Waals surface area contributed by atoms with Gasteiger partial charge in [0.25, 0.3) is 0 Å². The largest absolute Gasteiger partial charge is 0.466 e. The van der Waals surface area contributed by atoms with Crippen molar-refractivity contribution in [1.82, 2.24) is 0 Å². The van der Waals surface area contributed by atoms with Gasteiger partial charge in [-0.1, -0.05) is 6.07 Å². The van der Waals surface area contributed by atoms with Crippen LogP contribution in [0.3, 0.4) is 0 Å². The Balaban J connectivity index is 3.09. The summed E-state index contributed by atoms with van der Waals surface area (Å²) in [6.07, 6.45) is -0.00907. The molecule has 0 spiro atoms. The molecule has 0 aliphatic carbocycles. The minimum Gasteiger partial charge on any atom is -0.466 e. The minimum absolute atomic E-state index is 0.00907. The van der Waals surface area contributed by atoms with E-state index in [-0.39, 0.29) is 24.5 Å². The first-order valence-corrected chi connectivity index (χ1v) is 5.59. The first kappa shape index (κ1) is 13.5. The van der Waals surface area contributed by atoms with Crippen molar-refractivity contribution >= 4 is 17.6 Å². The molecule has 0 saturated carbocycles. The van der Waals surface area contributed by atoms with Crippen molar-refractivity contribution in [2.75, 3.05) is 6.61 Å². The van der Waals surface area contributed by atoms with Crippen molar-refractivity contribution in [3.8, 4) is 6.07 Å². The molecule has 0 N–H and O–H groups in total. The molecule has 0 unspecified atom stereocenters. The zero-order valence-corrected chi connectivity index (χ0v) is 10.1. The molecule has 17 heavy (non-hydrogen) atoms. The number of carbonyl (C=O) groups excluding carboxylic acids is 1. The molecule has 1 aromatic carbocycles. The highest BCUT2D eigenvalue weighted by Gasteiger charge is 2.15. The third-order valence-electron chi connectivity index (χ3n) is 2.24. The lowest BCUT2D eigenvalue weighted by atomic mass is 10.00. The van der Waals surface area contributed by atoms with Gasteiger partial charge in [0.1, 0.15) is 11.9 Å². The first-order valence-electron chi connectivity index (χ1n) is 5.06. The Morgan fingerprint density at radius 3 is 2.82 bits per heavy atom. The molecule has 1 aromatic rings. The number of ether oxygens (including phenoxy) is 1. The lowest BCUT2D eigenvalue weighted by Crippen LogP contribution is -2.10. The lowest BCUT2D eigenvalue weighted by Gasteiger charge is -2.09. The number of esters is 1. The van der Waals surface area contributed by atoms with E-state index in [1.165, 1.54) is 6.07 Å². The lowest BCUT2D eigenvalue weighted by molar-refractivity contribution is -0.142. The molecule has 0 aliphatic heterocycles. The number of rotatable bonds is 4. The van der Waals surface area contributed by atoms with Crippen LogP contribution in [0.15, 0.2) is 12.1 Å². The van der Waals surface area contributed by atoms with Crippen LogP contribution in [0.1, 0.15) is 23.6 Å². The molecule has 0 atom stereocenters. The quantitative estimate of drug-likeness (QED) is 0.614. The van der Waals surface area contributed by atoms with Crippen molar-refractivity contribution in [2.24, 2.45) is 0 Å². The summed E-state index contributed by atoms with van der Waals surface area (Å²) in [5, 5.41) is 8.83. The van der Waals surface area contributed by atoms with E-state index >= 15 is 0 Å². The number of benzene rings is 1. The molecule has 0 radical (unpaired) electrons. The van der Waals surface area contributed by atoms with E-state index in [0.29, 0.717) is 11.1 Å². The Morgan fingerprint density at radius 1 is 1.59 bits per heavy atom. The van der Waals surface area contributed by atoms with Gasteiger partial charge in [0.2, 0.25) is 0 Å². The third kappa shape index (κ3) is 3.18. The maximum Gasteiger partial charge on any atom is 0.310 e. The van der Waals surface area contributed by atoms with Gasteiger partial charge in [-0.2, -0.15) is 5.26 Å². The summed E-state index contributed by atoms with van der Waals surface area (Å²) in [5.74, 6) is -1.07. The fourth-order valence-electron chi connectivity index (χ4n) is 1.47. The fourth-order valence-corrected chi connectivity index (χ4v) is 1.77. The maximum atomic E-state index is 13.3. The molecule has 0 aliphatic rings. The summed E-state index contributed by atoms with van der Waals surface area (Å²) in [4.78, 5) is 11.3. The average molecular weight is 256 g/mol. The van der Waals surface area contributed by atoms with Gasteiger partial charge >= 0.3 is 5.97 Å². The molecule has 0 fully saturated rings. The summed E-state index contributed by atoms with van der Waals surface area (Å²) < 4.78 is 18.1. The highest BCUT2D eigenvalue weighted by atomic mass is 35.5. The van der Waals surface area contributed by atoms with E-state index in [4.69, 9.17) is 21.6 Å². The monoisotopic (exact) mass is 255 g/mol. The van der Waals surface area contributed by atoms with E-state index in [9.17, 15) is 9.18 Å². The summed E-state index contributed by atoms with van der Waals surface area (Å²) in [6.45, 7) is 1.98. The SMILES string of the molecule is CCOC(=O)Cc1ccc(F)c(C#N)c1CCl. The Kier molecular flexibility index (Phi) is 4.92. The fraction of sp³-hybridized carbons (Fsp3) is 0.333. The van der Waals surface area contributed by atoms with Crippen LogP contribution in [-0.4, -0.2) is 12.6 Å². The van der Waals surface area contributed by atoms with Gasteiger partial charge in [-0.15, -0.1) is 11.6 Å². The Hall–Kier alpha value is -1.60. The summed E-state index contributed by atoms with van der Waals surface area (Å²) in [6, 6.07) is 4.35. The molecule has 3 nitrogen and oxygen atoms in total. The van der Waals surface area contributed by atoms with E-state index < -0.39 is 11.8 Å². The van der Waals surface area contributed by atoms with Gasteiger partial charge in [-0.3, -0.25) is 4.79 Å². The second kappa shape index (κ2) is 6.21. The normalized spacial score (nSPS) is 9.76. The number of carbonyl (C=O) groups is 1. The van der Waals surface area contributed by atoms with Gasteiger partial charge in [-0.05, 0) is 24.1 Å². The molecule has 0 bridgehead atoms. The van der Waals surface area contributed by atoms with Crippen LogP contribution in [-0.2, 0) is 21.8 Å². The molecule has 0 heterocycles. The minimum atomic E-state index is -0.629. The number of hydrogen-bond acceptors (Lipinski definition) is 3. The van der Waals surface area contributed by atoms with Crippen LogP contribution in [0, 0.1) is 17.1 Å². The van der Waals surface area contributed by atoms with E-state index in [0.717, 1.165) is 6.07 Å². The van der Waals surface area contributed by atoms with Gasteiger partial charge < -0.3 is 4.74 Å². The van der Waals surface area contributed by atoms with Crippen LogP contribution in [0.2, 0.25) is 0 Å². The van der Waals surface area contributed by atoms with E-state index in [1.807, 2.05) is 0 Å². The maximum absolute atomic E-state index is 13.3. The molecule has 90 valence electrons. The molecule has 5 heteroatoms. The van der Waals surface area contributed by atoms with Crippen molar-refractivity contribution in [2.45, 2.75) is 19.2 Å². The third-order valence-corrected chi connectivity index (χ3v) is 2.51. The van der Waals surface area contributed by atoms with Crippen molar-refractivity contribution in [3.05, 3.63) is 34.6 Å². The summed E-state index contributed by atoms with van der Waals surface area (Å²) in [7, 11) is 0.